The predicted molar refractivity (Wildman–Crippen MR) is 50.0 cm³/mol. The number of hydrogen-bond donors (Lipinski definition) is 0. The zero-order chi connectivity index (χ0) is 9.10. The average molecular weight is 171 g/mol. The van der Waals surface area contributed by atoms with Crippen molar-refractivity contribution in [3.05, 3.63) is 42.2 Å². The Morgan fingerprint density at radius 3 is 2.46 bits per heavy atom. The SMILES string of the molecule is Cc1ccc(-c2ccccn2)nn1. The highest BCUT2D eigenvalue weighted by atomic mass is 15.1. The first-order valence-corrected chi connectivity index (χ1v) is 4.08. The molecular weight excluding hydrogens is 162 g/mol. The maximum Gasteiger partial charge on any atom is 0.111 e. The van der Waals surface area contributed by atoms with Crippen LogP contribution in [0, 0.1) is 6.92 Å². The van der Waals surface area contributed by atoms with Crippen molar-refractivity contribution in [2.24, 2.45) is 0 Å². The van der Waals surface area contributed by atoms with Crippen LogP contribution in [0.1, 0.15) is 5.69 Å². The van der Waals surface area contributed by atoms with Crippen LogP contribution in [0.3, 0.4) is 0 Å². The minimum Gasteiger partial charge on any atom is -0.255 e. The van der Waals surface area contributed by atoms with Gasteiger partial charge in [0.2, 0.25) is 0 Å². The van der Waals surface area contributed by atoms with Crippen LogP contribution in [0.5, 0.6) is 0 Å². The van der Waals surface area contributed by atoms with E-state index in [2.05, 4.69) is 15.2 Å². The molecule has 0 aliphatic heterocycles. The normalized spacial score (nSPS) is 9.92. The predicted octanol–water partition coefficient (Wildman–Crippen LogP) is 1.85. The molecule has 2 heterocycles. The van der Waals surface area contributed by atoms with Gasteiger partial charge in [0.1, 0.15) is 5.69 Å². The summed E-state index contributed by atoms with van der Waals surface area (Å²) in [7, 11) is 0. The second-order valence-electron chi connectivity index (χ2n) is 2.77. The number of aryl methyl sites for hydroxylation is 1. The lowest BCUT2D eigenvalue weighted by Gasteiger charge is -1.97. The monoisotopic (exact) mass is 171 g/mol. The molecule has 2 aromatic heterocycles. The summed E-state index contributed by atoms with van der Waals surface area (Å²) in [5.41, 5.74) is 2.58. The molecule has 0 unspecified atom stereocenters. The highest BCUT2D eigenvalue weighted by molar-refractivity contribution is 5.52. The van der Waals surface area contributed by atoms with Crippen LogP contribution in [0.25, 0.3) is 11.4 Å². The first-order chi connectivity index (χ1) is 6.36. The lowest BCUT2D eigenvalue weighted by Crippen LogP contribution is -1.90. The van der Waals surface area contributed by atoms with Crippen molar-refractivity contribution in [3.63, 3.8) is 0 Å². The van der Waals surface area contributed by atoms with E-state index in [1.807, 2.05) is 37.3 Å². The summed E-state index contributed by atoms with van der Waals surface area (Å²) >= 11 is 0. The molecule has 0 spiro atoms. The van der Waals surface area contributed by atoms with Gasteiger partial charge in [-0.05, 0) is 31.2 Å². The zero-order valence-corrected chi connectivity index (χ0v) is 7.31. The lowest BCUT2D eigenvalue weighted by atomic mass is 10.2. The summed E-state index contributed by atoms with van der Waals surface area (Å²) < 4.78 is 0. The Morgan fingerprint density at radius 2 is 1.85 bits per heavy atom. The van der Waals surface area contributed by atoms with Crippen LogP contribution < -0.4 is 0 Å². The van der Waals surface area contributed by atoms with Crippen LogP contribution in [-0.2, 0) is 0 Å². The molecule has 0 saturated heterocycles. The molecule has 0 bridgehead atoms. The summed E-state index contributed by atoms with van der Waals surface area (Å²) in [4.78, 5) is 4.18. The molecule has 0 N–H and O–H groups in total. The number of nitrogens with zero attached hydrogens (tertiary/aromatic N) is 3. The van der Waals surface area contributed by atoms with Gasteiger partial charge >= 0.3 is 0 Å². The Hall–Kier alpha value is -1.77. The third-order valence-corrected chi connectivity index (χ3v) is 1.73. The standard InChI is InChI=1S/C10H9N3/c1-8-5-6-10(13-12-8)9-4-2-3-7-11-9/h2-7H,1H3. The van der Waals surface area contributed by atoms with Gasteiger partial charge in [-0.25, -0.2) is 0 Å². The van der Waals surface area contributed by atoms with E-state index >= 15 is 0 Å². The molecule has 0 amide bonds. The maximum atomic E-state index is 4.18. The smallest absolute Gasteiger partial charge is 0.111 e. The lowest BCUT2D eigenvalue weighted by molar-refractivity contribution is 0.981. The molecule has 0 aliphatic carbocycles. The quantitative estimate of drug-likeness (QED) is 0.657. The maximum absolute atomic E-state index is 4.18. The first kappa shape index (κ1) is 7.86. The molecule has 3 nitrogen and oxygen atoms in total. The van der Waals surface area contributed by atoms with Crippen LogP contribution in [0.15, 0.2) is 36.5 Å². The fourth-order valence-electron chi connectivity index (χ4n) is 1.05. The van der Waals surface area contributed by atoms with Gasteiger partial charge in [-0.2, -0.15) is 5.10 Å². The molecular formula is C10H9N3. The highest BCUT2D eigenvalue weighted by Crippen LogP contribution is 2.11. The van der Waals surface area contributed by atoms with Crippen molar-refractivity contribution in [1.29, 1.82) is 0 Å². The van der Waals surface area contributed by atoms with Gasteiger partial charge in [-0.1, -0.05) is 6.07 Å². The molecule has 2 aromatic rings. The van der Waals surface area contributed by atoms with E-state index in [1.165, 1.54) is 0 Å². The molecule has 0 radical (unpaired) electrons. The van der Waals surface area contributed by atoms with E-state index in [0.717, 1.165) is 17.1 Å². The van der Waals surface area contributed by atoms with E-state index in [4.69, 9.17) is 0 Å². The Kier molecular flexibility index (Phi) is 2.00. The van der Waals surface area contributed by atoms with Crippen LogP contribution >= 0.6 is 0 Å². The molecule has 0 atom stereocenters. The van der Waals surface area contributed by atoms with E-state index in [1.54, 1.807) is 6.20 Å². The van der Waals surface area contributed by atoms with Gasteiger partial charge in [0.25, 0.3) is 0 Å². The largest absolute Gasteiger partial charge is 0.255 e. The average Bonchev–Trinajstić information content (AvgIpc) is 2.20. The third-order valence-electron chi connectivity index (χ3n) is 1.73. The number of aromatic nitrogens is 3. The van der Waals surface area contributed by atoms with Crippen molar-refractivity contribution in [2.45, 2.75) is 6.92 Å². The minimum absolute atomic E-state index is 0.811. The summed E-state index contributed by atoms with van der Waals surface area (Å²) in [6, 6.07) is 9.58. The van der Waals surface area contributed by atoms with Crippen LogP contribution in [-0.4, -0.2) is 15.2 Å². The van der Waals surface area contributed by atoms with E-state index in [9.17, 15) is 0 Å². The van der Waals surface area contributed by atoms with Gasteiger partial charge in [0, 0.05) is 6.20 Å². The molecule has 2 rings (SSSR count). The second-order valence-corrected chi connectivity index (χ2v) is 2.77. The molecule has 0 saturated carbocycles. The van der Waals surface area contributed by atoms with Crippen molar-refractivity contribution in [1.82, 2.24) is 15.2 Å². The fraction of sp³-hybridized carbons (Fsp3) is 0.100. The minimum atomic E-state index is 0.811. The number of hydrogen-bond acceptors (Lipinski definition) is 3. The highest BCUT2D eigenvalue weighted by Gasteiger charge is 1.98. The van der Waals surface area contributed by atoms with E-state index in [0.29, 0.717) is 0 Å². The fourth-order valence-corrected chi connectivity index (χ4v) is 1.05. The van der Waals surface area contributed by atoms with Gasteiger partial charge < -0.3 is 0 Å². The van der Waals surface area contributed by atoms with Crippen molar-refractivity contribution >= 4 is 0 Å². The van der Waals surface area contributed by atoms with Crippen molar-refractivity contribution in [2.75, 3.05) is 0 Å². The van der Waals surface area contributed by atoms with E-state index in [-0.39, 0.29) is 0 Å². The Bertz CT molecular complexity index is 381. The van der Waals surface area contributed by atoms with E-state index < -0.39 is 0 Å². The molecule has 0 fully saturated rings. The molecule has 3 heteroatoms. The van der Waals surface area contributed by atoms with Gasteiger partial charge in [-0.3, -0.25) is 4.98 Å². The third kappa shape index (κ3) is 1.69. The molecule has 0 aliphatic rings. The topological polar surface area (TPSA) is 38.7 Å². The Labute approximate surface area is 76.5 Å². The molecule has 13 heavy (non-hydrogen) atoms. The van der Waals surface area contributed by atoms with Gasteiger partial charge in [0.05, 0.1) is 11.4 Å². The summed E-state index contributed by atoms with van der Waals surface area (Å²) in [6.45, 7) is 1.91. The summed E-state index contributed by atoms with van der Waals surface area (Å²) in [6.07, 6.45) is 1.75. The Morgan fingerprint density at radius 1 is 0.923 bits per heavy atom. The number of pyridine rings is 1. The zero-order valence-electron chi connectivity index (χ0n) is 7.31. The van der Waals surface area contributed by atoms with Crippen molar-refractivity contribution in [3.8, 4) is 11.4 Å². The molecule has 0 aromatic carbocycles. The van der Waals surface area contributed by atoms with Crippen molar-refractivity contribution < 1.29 is 0 Å². The van der Waals surface area contributed by atoms with Gasteiger partial charge in [0.15, 0.2) is 0 Å². The van der Waals surface area contributed by atoms with Crippen LogP contribution in [0.2, 0.25) is 0 Å². The Balaban J connectivity index is 2.42. The summed E-state index contributed by atoms with van der Waals surface area (Å²) in [5.74, 6) is 0. The van der Waals surface area contributed by atoms with Gasteiger partial charge in [-0.15, -0.1) is 5.10 Å². The first-order valence-electron chi connectivity index (χ1n) is 4.08. The molecule has 64 valence electrons. The summed E-state index contributed by atoms with van der Waals surface area (Å²) in [5, 5.41) is 8.00. The van der Waals surface area contributed by atoms with Crippen LogP contribution in [0.4, 0.5) is 0 Å². The number of rotatable bonds is 1. The second kappa shape index (κ2) is 3.31.